The molecule has 2 aromatic carbocycles. The lowest BCUT2D eigenvalue weighted by Gasteiger charge is -2.10. The zero-order chi connectivity index (χ0) is 16.9. The molecule has 3 rings (SSSR count). The molecule has 120 valence electrons. The summed E-state index contributed by atoms with van der Waals surface area (Å²) in [5.41, 5.74) is 3.21. The van der Waals surface area contributed by atoms with Crippen molar-refractivity contribution >= 4 is 17.3 Å². The van der Waals surface area contributed by atoms with Gasteiger partial charge in [0.2, 0.25) is 0 Å². The number of benzene rings is 2. The van der Waals surface area contributed by atoms with Gasteiger partial charge < -0.3 is 10.1 Å². The van der Waals surface area contributed by atoms with Crippen molar-refractivity contribution in [2.24, 2.45) is 0 Å². The van der Waals surface area contributed by atoms with Crippen LogP contribution in [0.5, 0.6) is 5.75 Å². The van der Waals surface area contributed by atoms with Crippen molar-refractivity contribution in [2.75, 3.05) is 12.4 Å². The van der Waals surface area contributed by atoms with Crippen LogP contribution >= 0.6 is 0 Å². The normalized spacial score (nSPS) is 10.2. The lowest BCUT2D eigenvalue weighted by atomic mass is 10.1. The molecule has 5 heteroatoms. The first-order chi connectivity index (χ1) is 11.7. The average molecular weight is 319 g/mol. The molecule has 0 aliphatic rings. The van der Waals surface area contributed by atoms with Gasteiger partial charge in [0, 0.05) is 17.2 Å². The smallest absolute Gasteiger partial charge is 0.159 e. The maximum Gasteiger partial charge on any atom is 0.159 e. The highest BCUT2D eigenvalue weighted by Crippen LogP contribution is 2.27. The third kappa shape index (κ3) is 3.41. The average Bonchev–Trinajstić information content (AvgIpc) is 2.62. The fraction of sp³-hybridized carbons (Fsp3) is 0.105. The molecule has 0 bridgehead atoms. The fourth-order valence-electron chi connectivity index (χ4n) is 2.35. The summed E-state index contributed by atoms with van der Waals surface area (Å²) in [5.74, 6) is 1.45. The number of carbonyl (C=O) groups excluding carboxylic acids is 1. The number of nitrogens with zero attached hydrogens (tertiary/aromatic N) is 2. The molecule has 1 heterocycles. The van der Waals surface area contributed by atoms with Crippen molar-refractivity contribution in [3.8, 4) is 17.0 Å². The second-order valence-corrected chi connectivity index (χ2v) is 5.25. The molecule has 24 heavy (non-hydrogen) atoms. The van der Waals surface area contributed by atoms with Crippen molar-refractivity contribution < 1.29 is 9.53 Å². The van der Waals surface area contributed by atoms with Gasteiger partial charge in [-0.1, -0.05) is 36.4 Å². The number of Topliss-reactive ketones (excluding diaryl/α,β-unsaturated/α-hetero) is 1. The zero-order valence-electron chi connectivity index (χ0n) is 13.5. The van der Waals surface area contributed by atoms with Gasteiger partial charge in [-0.3, -0.25) is 4.79 Å². The molecule has 1 N–H and O–H groups in total. The lowest BCUT2D eigenvalue weighted by molar-refractivity contribution is 0.101. The van der Waals surface area contributed by atoms with Crippen molar-refractivity contribution in [1.82, 2.24) is 9.97 Å². The summed E-state index contributed by atoms with van der Waals surface area (Å²) in [7, 11) is 1.63. The van der Waals surface area contributed by atoms with Crippen LogP contribution in [-0.4, -0.2) is 22.9 Å². The first-order valence-electron chi connectivity index (χ1n) is 7.51. The van der Waals surface area contributed by atoms with E-state index in [1.54, 1.807) is 26.2 Å². The Balaban J connectivity index is 1.87. The van der Waals surface area contributed by atoms with E-state index in [1.165, 1.54) is 6.33 Å². The van der Waals surface area contributed by atoms with Crippen LogP contribution in [0.4, 0.5) is 11.5 Å². The van der Waals surface area contributed by atoms with Gasteiger partial charge in [-0.25, -0.2) is 9.97 Å². The molecule has 0 fully saturated rings. The van der Waals surface area contributed by atoms with E-state index in [0.717, 1.165) is 22.7 Å². The minimum Gasteiger partial charge on any atom is -0.495 e. The number of hydrogen-bond acceptors (Lipinski definition) is 5. The first-order valence-corrected chi connectivity index (χ1v) is 7.51. The number of hydrogen-bond donors (Lipinski definition) is 1. The molecule has 0 amide bonds. The molecule has 0 unspecified atom stereocenters. The number of rotatable bonds is 5. The third-order valence-corrected chi connectivity index (χ3v) is 3.62. The highest BCUT2D eigenvalue weighted by atomic mass is 16.5. The van der Waals surface area contributed by atoms with Gasteiger partial charge in [0.15, 0.2) is 5.78 Å². The minimum absolute atomic E-state index is 0.0442. The summed E-state index contributed by atoms with van der Waals surface area (Å²) in [6.45, 7) is 1.55. The number of aromatic nitrogens is 2. The van der Waals surface area contributed by atoms with Crippen molar-refractivity contribution in [1.29, 1.82) is 0 Å². The van der Waals surface area contributed by atoms with Crippen LogP contribution in [0, 0.1) is 0 Å². The minimum atomic E-state index is 0.0442. The second-order valence-electron chi connectivity index (χ2n) is 5.25. The van der Waals surface area contributed by atoms with Gasteiger partial charge in [0.05, 0.1) is 18.5 Å². The zero-order valence-corrected chi connectivity index (χ0v) is 13.5. The Kier molecular flexibility index (Phi) is 4.52. The Bertz CT molecular complexity index is 860. The van der Waals surface area contributed by atoms with E-state index in [0.29, 0.717) is 11.4 Å². The summed E-state index contributed by atoms with van der Waals surface area (Å²) in [4.78, 5) is 19.9. The standard InChI is InChI=1S/C19H17N3O2/c1-13(23)14-7-9-15(10-8-14)17-11-19(21-12-20-17)22-16-5-3-4-6-18(16)24-2/h3-12H,1-2H3,(H,20,21,22). The number of carbonyl (C=O) groups is 1. The largest absolute Gasteiger partial charge is 0.495 e. The number of ketones is 1. The third-order valence-electron chi connectivity index (χ3n) is 3.62. The van der Waals surface area contributed by atoms with Crippen molar-refractivity contribution in [3.05, 3.63) is 66.5 Å². The van der Waals surface area contributed by atoms with Crippen LogP contribution in [0.2, 0.25) is 0 Å². The summed E-state index contributed by atoms with van der Waals surface area (Å²) >= 11 is 0. The van der Waals surface area contributed by atoms with E-state index in [2.05, 4.69) is 15.3 Å². The second kappa shape index (κ2) is 6.91. The van der Waals surface area contributed by atoms with E-state index in [-0.39, 0.29) is 5.78 Å². The first kappa shape index (κ1) is 15.7. The molecule has 0 atom stereocenters. The Morgan fingerprint density at radius 1 is 1.04 bits per heavy atom. The maximum absolute atomic E-state index is 11.4. The number of nitrogens with one attached hydrogen (secondary N) is 1. The summed E-state index contributed by atoms with van der Waals surface area (Å²) in [6, 6.07) is 16.8. The predicted octanol–water partition coefficient (Wildman–Crippen LogP) is 4.10. The highest BCUT2D eigenvalue weighted by molar-refractivity contribution is 5.94. The van der Waals surface area contributed by atoms with Crippen molar-refractivity contribution in [2.45, 2.75) is 6.92 Å². The van der Waals surface area contributed by atoms with Crippen LogP contribution in [0.25, 0.3) is 11.3 Å². The van der Waals surface area contributed by atoms with Crippen molar-refractivity contribution in [3.63, 3.8) is 0 Å². The number of ether oxygens (including phenoxy) is 1. The SMILES string of the molecule is COc1ccccc1Nc1cc(-c2ccc(C(C)=O)cc2)ncn1. The van der Waals surface area contributed by atoms with Crippen LogP contribution in [0.1, 0.15) is 17.3 Å². The molecule has 0 saturated carbocycles. The van der Waals surface area contributed by atoms with Gasteiger partial charge in [-0.2, -0.15) is 0 Å². The molecular weight excluding hydrogens is 302 g/mol. The maximum atomic E-state index is 11.4. The summed E-state index contributed by atoms with van der Waals surface area (Å²) in [6.07, 6.45) is 1.51. The highest BCUT2D eigenvalue weighted by Gasteiger charge is 2.06. The molecule has 1 aromatic heterocycles. The van der Waals surface area contributed by atoms with Gasteiger partial charge in [-0.05, 0) is 19.1 Å². The van der Waals surface area contributed by atoms with E-state index in [9.17, 15) is 4.79 Å². The molecule has 0 spiro atoms. The van der Waals surface area contributed by atoms with Crippen LogP contribution in [-0.2, 0) is 0 Å². The Morgan fingerprint density at radius 3 is 2.50 bits per heavy atom. The Morgan fingerprint density at radius 2 is 1.79 bits per heavy atom. The van der Waals surface area contributed by atoms with Crippen LogP contribution < -0.4 is 10.1 Å². The molecular formula is C19H17N3O2. The van der Waals surface area contributed by atoms with Gasteiger partial charge in [0.1, 0.15) is 17.9 Å². The molecule has 0 aliphatic carbocycles. The van der Waals surface area contributed by atoms with E-state index in [4.69, 9.17) is 4.74 Å². The molecule has 0 aliphatic heterocycles. The van der Waals surface area contributed by atoms with Crippen LogP contribution in [0.15, 0.2) is 60.9 Å². The lowest BCUT2D eigenvalue weighted by Crippen LogP contribution is -1.98. The monoisotopic (exact) mass is 319 g/mol. The number of para-hydroxylation sites is 2. The Hall–Kier alpha value is -3.21. The molecule has 0 saturated heterocycles. The van der Waals surface area contributed by atoms with Crippen LogP contribution in [0.3, 0.4) is 0 Å². The summed E-state index contributed by atoms with van der Waals surface area (Å²) < 4.78 is 5.33. The number of anilines is 2. The van der Waals surface area contributed by atoms with E-state index in [1.807, 2.05) is 42.5 Å². The van der Waals surface area contributed by atoms with Gasteiger partial charge >= 0.3 is 0 Å². The van der Waals surface area contributed by atoms with E-state index < -0.39 is 0 Å². The molecule has 0 radical (unpaired) electrons. The molecule has 5 nitrogen and oxygen atoms in total. The fourth-order valence-corrected chi connectivity index (χ4v) is 2.35. The van der Waals surface area contributed by atoms with Gasteiger partial charge in [0.25, 0.3) is 0 Å². The Labute approximate surface area is 140 Å². The van der Waals surface area contributed by atoms with E-state index >= 15 is 0 Å². The van der Waals surface area contributed by atoms with Gasteiger partial charge in [-0.15, -0.1) is 0 Å². The topological polar surface area (TPSA) is 64.1 Å². The molecule has 3 aromatic rings. The summed E-state index contributed by atoms with van der Waals surface area (Å²) in [5, 5.41) is 3.23. The number of methoxy groups -OCH3 is 1. The predicted molar refractivity (Wildman–Crippen MR) is 93.7 cm³/mol. The quantitative estimate of drug-likeness (QED) is 0.717.